The number of carbonyl (C=O) groups excluding carboxylic acids is 1. The zero-order chi connectivity index (χ0) is 11.1. The Hall–Kier alpha value is -0.150. The van der Waals surface area contributed by atoms with Crippen LogP contribution in [0.1, 0.15) is 24.8 Å². The smallest absolute Gasteiger partial charge is 0.133 e. The average molecular weight is 334 g/mol. The molecular formula is C12H14Br2O. The maximum absolute atomic E-state index is 11.4. The summed E-state index contributed by atoms with van der Waals surface area (Å²) in [7, 11) is 0. The number of alkyl halides is 1. The van der Waals surface area contributed by atoms with Gasteiger partial charge in [0.1, 0.15) is 5.78 Å². The minimum Gasteiger partial charge on any atom is -0.300 e. The number of hydrogen-bond donors (Lipinski definition) is 0. The lowest BCUT2D eigenvalue weighted by molar-refractivity contribution is -0.119. The summed E-state index contributed by atoms with van der Waals surface area (Å²) in [5.74, 6) is 0.356. The van der Waals surface area contributed by atoms with Crippen molar-refractivity contribution < 1.29 is 4.79 Å². The molecule has 0 aromatic heterocycles. The summed E-state index contributed by atoms with van der Waals surface area (Å²) < 4.78 is 1.08. The summed E-state index contributed by atoms with van der Waals surface area (Å²) in [6, 6.07) is 8.12. The highest BCUT2D eigenvalue weighted by atomic mass is 79.9. The third kappa shape index (κ3) is 5.47. The zero-order valence-electron chi connectivity index (χ0n) is 8.51. The Morgan fingerprint density at radius 3 is 2.73 bits per heavy atom. The molecule has 0 atom stereocenters. The summed E-state index contributed by atoms with van der Waals surface area (Å²) >= 11 is 6.74. The fourth-order valence-electron chi connectivity index (χ4n) is 1.37. The monoisotopic (exact) mass is 332 g/mol. The SMILES string of the molecule is O=C(CCCBr)CCc1cccc(Br)c1. The molecule has 82 valence electrons. The number of carbonyl (C=O) groups is 1. The lowest BCUT2D eigenvalue weighted by Gasteiger charge is -2.01. The second kappa shape index (κ2) is 7.18. The van der Waals surface area contributed by atoms with Crippen molar-refractivity contribution in [3.63, 3.8) is 0 Å². The van der Waals surface area contributed by atoms with Crippen LogP contribution in [0.15, 0.2) is 28.7 Å². The molecule has 0 bridgehead atoms. The summed E-state index contributed by atoms with van der Waals surface area (Å²) in [4.78, 5) is 11.4. The highest BCUT2D eigenvalue weighted by Gasteiger charge is 2.02. The van der Waals surface area contributed by atoms with Gasteiger partial charge < -0.3 is 0 Å². The van der Waals surface area contributed by atoms with Crippen molar-refractivity contribution >= 4 is 37.6 Å². The van der Waals surface area contributed by atoms with Crippen LogP contribution in [0.4, 0.5) is 0 Å². The highest BCUT2D eigenvalue weighted by molar-refractivity contribution is 9.10. The maximum Gasteiger partial charge on any atom is 0.133 e. The molecule has 0 amide bonds. The van der Waals surface area contributed by atoms with E-state index in [1.165, 1.54) is 5.56 Å². The maximum atomic E-state index is 11.4. The van der Waals surface area contributed by atoms with Crippen molar-refractivity contribution in [2.75, 3.05) is 5.33 Å². The molecule has 0 radical (unpaired) electrons. The van der Waals surface area contributed by atoms with E-state index < -0.39 is 0 Å². The third-order valence-corrected chi connectivity index (χ3v) is 3.22. The second-order valence-corrected chi connectivity index (χ2v) is 5.17. The van der Waals surface area contributed by atoms with Gasteiger partial charge in [0.15, 0.2) is 0 Å². The van der Waals surface area contributed by atoms with Crippen LogP contribution in [0.5, 0.6) is 0 Å². The first kappa shape index (κ1) is 12.9. The molecule has 1 rings (SSSR count). The Labute approximate surface area is 108 Å². The number of benzene rings is 1. The van der Waals surface area contributed by atoms with Gasteiger partial charge in [0.05, 0.1) is 0 Å². The van der Waals surface area contributed by atoms with E-state index in [4.69, 9.17) is 0 Å². The van der Waals surface area contributed by atoms with E-state index in [0.29, 0.717) is 18.6 Å². The normalized spacial score (nSPS) is 10.3. The third-order valence-electron chi connectivity index (χ3n) is 2.17. The quantitative estimate of drug-likeness (QED) is 0.715. The van der Waals surface area contributed by atoms with Crippen LogP contribution in [0.2, 0.25) is 0 Å². The van der Waals surface area contributed by atoms with Gasteiger partial charge in [-0.05, 0) is 30.5 Å². The van der Waals surface area contributed by atoms with E-state index in [2.05, 4.69) is 44.0 Å². The lowest BCUT2D eigenvalue weighted by atomic mass is 10.1. The van der Waals surface area contributed by atoms with Gasteiger partial charge in [-0.25, -0.2) is 0 Å². The van der Waals surface area contributed by atoms with Crippen molar-refractivity contribution in [3.8, 4) is 0 Å². The summed E-state index contributed by atoms with van der Waals surface area (Å²) in [5.41, 5.74) is 1.22. The molecule has 0 unspecified atom stereocenters. The van der Waals surface area contributed by atoms with Crippen LogP contribution in [0.3, 0.4) is 0 Å². The second-order valence-electron chi connectivity index (χ2n) is 3.46. The van der Waals surface area contributed by atoms with Gasteiger partial charge >= 0.3 is 0 Å². The van der Waals surface area contributed by atoms with Gasteiger partial charge in [-0.3, -0.25) is 4.79 Å². The molecule has 1 nitrogen and oxygen atoms in total. The fraction of sp³-hybridized carbons (Fsp3) is 0.417. The van der Waals surface area contributed by atoms with Gasteiger partial charge in [-0.15, -0.1) is 0 Å². The van der Waals surface area contributed by atoms with Crippen molar-refractivity contribution in [2.45, 2.75) is 25.7 Å². The van der Waals surface area contributed by atoms with Crippen molar-refractivity contribution in [1.29, 1.82) is 0 Å². The molecule has 0 aliphatic rings. The van der Waals surface area contributed by atoms with Crippen molar-refractivity contribution in [1.82, 2.24) is 0 Å². The van der Waals surface area contributed by atoms with Crippen LogP contribution in [-0.4, -0.2) is 11.1 Å². The van der Waals surface area contributed by atoms with E-state index >= 15 is 0 Å². The summed E-state index contributed by atoms with van der Waals surface area (Å²) in [6.07, 6.45) is 3.14. The largest absolute Gasteiger partial charge is 0.300 e. The van der Waals surface area contributed by atoms with Crippen LogP contribution in [-0.2, 0) is 11.2 Å². The Morgan fingerprint density at radius 1 is 1.27 bits per heavy atom. The first-order valence-electron chi connectivity index (χ1n) is 5.04. The van der Waals surface area contributed by atoms with Crippen LogP contribution < -0.4 is 0 Å². The predicted octanol–water partition coefficient (Wildman–Crippen LogP) is 4.13. The van der Waals surface area contributed by atoms with Crippen LogP contribution >= 0.6 is 31.9 Å². The number of hydrogen-bond acceptors (Lipinski definition) is 1. The number of rotatable bonds is 6. The number of Topliss-reactive ketones (excluding diaryl/α,β-unsaturated/α-hetero) is 1. The Kier molecular flexibility index (Phi) is 6.18. The van der Waals surface area contributed by atoms with Gasteiger partial charge in [-0.1, -0.05) is 44.0 Å². The average Bonchev–Trinajstić information content (AvgIpc) is 2.23. The first-order chi connectivity index (χ1) is 7.22. The predicted molar refractivity (Wildman–Crippen MR) is 70.5 cm³/mol. The molecule has 0 saturated carbocycles. The van der Waals surface area contributed by atoms with E-state index in [9.17, 15) is 4.79 Å². The molecule has 15 heavy (non-hydrogen) atoms. The highest BCUT2D eigenvalue weighted by Crippen LogP contribution is 2.13. The minimum absolute atomic E-state index is 0.356. The van der Waals surface area contributed by atoms with Gasteiger partial charge in [0.25, 0.3) is 0 Å². The van der Waals surface area contributed by atoms with E-state index in [-0.39, 0.29) is 0 Å². The number of aryl methyl sites for hydroxylation is 1. The van der Waals surface area contributed by atoms with Crippen molar-refractivity contribution in [2.24, 2.45) is 0 Å². The van der Waals surface area contributed by atoms with E-state index in [1.54, 1.807) is 0 Å². The van der Waals surface area contributed by atoms with Gasteiger partial charge in [0, 0.05) is 22.6 Å². The molecule has 0 spiro atoms. The number of halogens is 2. The standard InChI is InChI=1S/C12H14Br2O/c13-8-2-5-12(15)7-6-10-3-1-4-11(14)9-10/h1,3-4,9H,2,5-8H2. The molecule has 0 heterocycles. The summed E-state index contributed by atoms with van der Waals surface area (Å²) in [5, 5.41) is 0.912. The van der Waals surface area contributed by atoms with Gasteiger partial charge in [-0.2, -0.15) is 0 Å². The molecule has 0 N–H and O–H groups in total. The summed E-state index contributed by atoms with van der Waals surface area (Å²) in [6.45, 7) is 0. The zero-order valence-corrected chi connectivity index (χ0v) is 11.7. The molecular weight excluding hydrogens is 320 g/mol. The topological polar surface area (TPSA) is 17.1 Å². The Balaban J connectivity index is 2.33. The molecule has 3 heteroatoms. The molecule has 0 aliphatic carbocycles. The lowest BCUT2D eigenvalue weighted by Crippen LogP contribution is -2.00. The molecule has 0 aliphatic heterocycles. The van der Waals surface area contributed by atoms with Crippen LogP contribution in [0, 0.1) is 0 Å². The molecule has 0 saturated heterocycles. The first-order valence-corrected chi connectivity index (χ1v) is 6.96. The molecule has 1 aromatic carbocycles. The molecule has 1 aromatic rings. The Bertz CT molecular complexity index is 323. The number of ketones is 1. The van der Waals surface area contributed by atoms with E-state index in [0.717, 1.165) is 22.6 Å². The van der Waals surface area contributed by atoms with Crippen LogP contribution in [0.25, 0.3) is 0 Å². The van der Waals surface area contributed by atoms with E-state index in [1.807, 2.05) is 12.1 Å². The Morgan fingerprint density at radius 2 is 2.07 bits per heavy atom. The van der Waals surface area contributed by atoms with Gasteiger partial charge in [0.2, 0.25) is 0 Å². The molecule has 0 fully saturated rings. The minimum atomic E-state index is 0.356. The van der Waals surface area contributed by atoms with Crippen molar-refractivity contribution in [3.05, 3.63) is 34.3 Å². The fourth-order valence-corrected chi connectivity index (χ4v) is 2.09.